The second-order valence-corrected chi connectivity index (χ2v) is 4.52. The summed E-state index contributed by atoms with van der Waals surface area (Å²) in [7, 11) is 0. The fourth-order valence-electron chi connectivity index (χ4n) is 2.11. The summed E-state index contributed by atoms with van der Waals surface area (Å²) in [6.45, 7) is 1.79. The van der Waals surface area contributed by atoms with Crippen LogP contribution in [-0.2, 0) is 11.3 Å². The molecule has 0 saturated carbocycles. The number of hydrogen-bond acceptors (Lipinski definition) is 3. The highest BCUT2D eigenvalue weighted by Gasteiger charge is 2.37. The molecular formula is C13H16FN3O2. The van der Waals surface area contributed by atoms with Crippen LogP contribution < -0.4 is 11.1 Å². The molecule has 1 aromatic rings. The third-order valence-electron chi connectivity index (χ3n) is 3.16. The Morgan fingerprint density at radius 2 is 2.16 bits per heavy atom. The van der Waals surface area contributed by atoms with Crippen molar-refractivity contribution in [3.63, 3.8) is 0 Å². The maximum absolute atomic E-state index is 13.7. The number of anilines is 1. The Kier molecular flexibility index (Phi) is 3.69. The Bertz CT molecular complexity index is 498. The van der Waals surface area contributed by atoms with Gasteiger partial charge in [0.25, 0.3) is 5.91 Å². The molecule has 1 atom stereocenters. The summed E-state index contributed by atoms with van der Waals surface area (Å²) in [5.41, 5.74) is 6.08. The van der Waals surface area contributed by atoms with Gasteiger partial charge in [0.2, 0.25) is 0 Å². The SMILES string of the molecule is CCCC1NC(=O)N(Cc2c(N)cccc2F)C1=O. The number of nitrogens with two attached hydrogens (primary N) is 1. The average molecular weight is 265 g/mol. The van der Waals surface area contributed by atoms with Crippen LogP contribution in [0.3, 0.4) is 0 Å². The molecule has 102 valence electrons. The second kappa shape index (κ2) is 5.26. The van der Waals surface area contributed by atoms with Crippen LogP contribution in [0.15, 0.2) is 18.2 Å². The van der Waals surface area contributed by atoms with E-state index >= 15 is 0 Å². The minimum absolute atomic E-state index is 0.136. The average Bonchev–Trinajstić information content (AvgIpc) is 2.61. The highest BCUT2D eigenvalue weighted by molar-refractivity contribution is 6.04. The molecule has 3 amide bonds. The van der Waals surface area contributed by atoms with Crippen LogP contribution >= 0.6 is 0 Å². The molecule has 1 heterocycles. The molecule has 1 aromatic carbocycles. The first kappa shape index (κ1) is 13.3. The third-order valence-corrected chi connectivity index (χ3v) is 3.16. The van der Waals surface area contributed by atoms with Gasteiger partial charge < -0.3 is 11.1 Å². The molecule has 1 fully saturated rings. The van der Waals surface area contributed by atoms with Gasteiger partial charge in [-0.3, -0.25) is 9.69 Å². The van der Waals surface area contributed by atoms with Crippen LogP contribution in [0.1, 0.15) is 25.3 Å². The number of nitrogens with one attached hydrogen (secondary N) is 1. The van der Waals surface area contributed by atoms with E-state index < -0.39 is 17.9 Å². The topological polar surface area (TPSA) is 75.4 Å². The molecule has 5 nitrogen and oxygen atoms in total. The van der Waals surface area contributed by atoms with Gasteiger partial charge in [-0.05, 0) is 18.6 Å². The third kappa shape index (κ3) is 2.52. The zero-order valence-corrected chi connectivity index (χ0v) is 10.6. The molecule has 1 aliphatic rings. The summed E-state index contributed by atoms with van der Waals surface area (Å²) < 4.78 is 13.7. The van der Waals surface area contributed by atoms with Gasteiger partial charge in [-0.2, -0.15) is 0 Å². The summed E-state index contributed by atoms with van der Waals surface area (Å²) in [4.78, 5) is 24.7. The number of rotatable bonds is 4. The summed E-state index contributed by atoms with van der Waals surface area (Å²) in [6.07, 6.45) is 1.36. The van der Waals surface area contributed by atoms with E-state index in [2.05, 4.69) is 5.32 Å². The van der Waals surface area contributed by atoms with Crippen molar-refractivity contribution in [2.45, 2.75) is 32.4 Å². The lowest BCUT2D eigenvalue weighted by Crippen LogP contribution is -2.31. The predicted octanol–water partition coefficient (Wildman–Crippen LogP) is 1.63. The van der Waals surface area contributed by atoms with Crippen molar-refractivity contribution in [1.29, 1.82) is 0 Å². The molecule has 0 bridgehead atoms. The van der Waals surface area contributed by atoms with E-state index in [9.17, 15) is 14.0 Å². The van der Waals surface area contributed by atoms with Gasteiger partial charge in [-0.15, -0.1) is 0 Å². The van der Waals surface area contributed by atoms with Crippen molar-refractivity contribution >= 4 is 17.6 Å². The summed E-state index contributed by atoms with van der Waals surface area (Å²) in [5, 5.41) is 2.59. The minimum Gasteiger partial charge on any atom is -0.398 e. The Balaban J connectivity index is 2.19. The van der Waals surface area contributed by atoms with Crippen LogP contribution in [-0.4, -0.2) is 22.9 Å². The first-order valence-electron chi connectivity index (χ1n) is 6.19. The molecule has 1 unspecified atom stereocenters. The predicted molar refractivity (Wildman–Crippen MR) is 68.6 cm³/mol. The quantitative estimate of drug-likeness (QED) is 0.641. The minimum atomic E-state index is -0.514. The molecule has 1 saturated heterocycles. The number of amides is 3. The molecule has 2 rings (SSSR count). The van der Waals surface area contributed by atoms with E-state index in [1.54, 1.807) is 6.07 Å². The molecule has 19 heavy (non-hydrogen) atoms. The van der Waals surface area contributed by atoms with E-state index in [1.807, 2.05) is 6.92 Å². The fraction of sp³-hybridized carbons (Fsp3) is 0.385. The first-order chi connectivity index (χ1) is 9.04. The lowest BCUT2D eigenvalue weighted by Gasteiger charge is -2.15. The Labute approximate surface area is 110 Å². The Hall–Kier alpha value is -2.11. The van der Waals surface area contributed by atoms with Crippen molar-refractivity contribution in [2.75, 3.05) is 5.73 Å². The highest BCUT2D eigenvalue weighted by atomic mass is 19.1. The summed E-state index contributed by atoms with van der Waals surface area (Å²) in [6, 6.07) is 3.28. The smallest absolute Gasteiger partial charge is 0.325 e. The molecule has 3 N–H and O–H groups in total. The standard InChI is InChI=1S/C13H16FN3O2/c1-2-4-11-12(18)17(13(19)16-11)7-8-9(14)5-3-6-10(8)15/h3,5-6,11H,2,4,7,15H2,1H3,(H,16,19). The van der Waals surface area contributed by atoms with Gasteiger partial charge in [0.15, 0.2) is 0 Å². The molecule has 0 aliphatic carbocycles. The number of urea groups is 1. The van der Waals surface area contributed by atoms with Crippen molar-refractivity contribution in [3.05, 3.63) is 29.6 Å². The number of benzene rings is 1. The second-order valence-electron chi connectivity index (χ2n) is 4.52. The zero-order chi connectivity index (χ0) is 14.0. The van der Waals surface area contributed by atoms with Gasteiger partial charge in [0, 0.05) is 11.3 Å². The van der Waals surface area contributed by atoms with E-state index in [4.69, 9.17) is 5.73 Å². The lowest BCUT2D eigenvalue weighted by atomic mass is 10.1. The molecule has 0 spiro atoms. The molecule has 6 heteroatoms. The number of carbonyl (C=O) groups is 2. The zero-order valence-electron chi connectivity index (χ0n) is 10.6. The normalized spacial score (nSPS) is 18.8. The van der Waals surface area contributed by atoms with Crippen LogP contribution in [0, 0.1) is 5.82 Å². The van der Waals surface area contributed by atoms with Crippen molar-refractivity contribution in [1.82, 2.24) is 10.2 Å². The van der Waals surface area contributed by atoms with Gasteiger partial charge in [0.1, 0.15) is 11.9 Å². The van der Waals surface area contributed by atoms with Gasteiger partial charge in [0.05, 0.1) is 6.54 Å². The van der Waals surface area contributed by atoms with E-state index in [0.29, 0.717) is 6.42 Å². The number of halogens is 1. The van der Waals surface area contributed by atoms with E-state index in [-0.39, 0.29) is 23.7 Å². The molecular weight excluding hydrogens is 249 g/mol. The number of carbonyl (C=O) groups excluding carboxylic acids is 2. The molecule has 0 radical (unpaired) electrons. The number of imide groups is 1. The maximum atomic E-state index is 13.7. The summed E-state index contributed by atoms with van der Waals surface area (Å²) >= 11 is 0. The molecule has 1 aliphatic heterocycles. The Morgan fingerprint density at radius 3 is 2.79 bits per heavy atom. The summed E-state index contributed by atoms with van der Waals surface area (Å²) in [5.74, 6) is -0.839. The van der Waals surface area contributed by atoms with Crippen molar-refractivity contribution in [3.8, 4) is 0 Å². The monoisotopic (exact) mass is 265 g/mol. The number of nitrogens with zero attached hydrogens (tertiary/aromatic N) is 1. The highest BCUT2D eigenvalue weighted by Crippen LogP contribution is 2.21. The van der Waals surface area contributed by atoms with Crippen LogP contribution in [0.5, 0.6) is 0 Å². The van der Waals surface area contributed by atoms with E-state index in [1.165, 1.54) is 12.1 Å². The lowest BCUT2D eigenvalue weighted by molar-refractivity contribution is -0.128. The van der Waals surface area contributed by atoms with Gasteiger partial charge in [-0.25, -0.2) is 9.18 Å². The van der Waals surface area contributed by atoms with Crippen LogP contribution in [0.4, 0.5) is 14.9 Å². The van der Waals surface area contributed by atoms with Gasteiger partial charge in [-0.1, -0.05) is 19.4 Å². The first-order valence-corrected chi connectivity index (χ1v) is 6.19. The van der Waals surface area contributed by atoms with E-state index in [0.717, 1.165) is 11.3 Å². The largest absolute Gasteiger partial charge is 0.398 e. The maximum Gasteiger partial charge on any atom is 0.325 e. The fourth-order valence-corrected chi connectivity index (χ4v) is 2.11. The van der Waals surface area contributed by atoms with Crippen LogP contribution in [0.25, 0.3) is 0 Å². The number of nitrogen functional groups attached to an aromatic ring is 1. The van der Waals surface area contributed by atoms with Gasteiger partial charge >= 0.3 is 6.03 Å². The van der Waals surface area contributed by atoms with Crippen LogP contribution in [0.2, 0.25) is 0 Å². The Morgan fingerprint density at radius 1 is 1.42 bits per heavy atom. The van der Waals surface area contributed by atoms with Crippen molar-refractivity contribution < 1.29 is 14.0 Å². The number of hydrogen-bond donors (Lipinski definition) is 2. The molecule has 0 aromatic heterocycles. The van der Waals surface area contributed by atoms with Crippen molar-refractivity contribution in [2.24, 2.45) is 0 Å².